The van der Waals surface area contributed by atoms with Gasteiger partial charge in [0.2, 0.25) is 0 Å². The Kier molecular flexibility index (Phi) is 3.71. The highest BCUT2D eigenvalue weighted by Crippen LogP contribution is 2.45. The van der Waals surface area contributed by atoms with Crippen molar-refractivity contribution in [2.24, 2.45) is 5.92 Å². The van der Waals surface area contributed by atoms with Crippen LogP contribution in [0.2, 0.25) is 0 Å². The molecule has 138 valence electrons. The second-order valence-corrected chi connectivity index (χ2v) is 7.72. The van der Waals surface area contributed by atoms with Crippen LogP contribution in [0.3, 0.4) is 0 Å². The molecule has 0 spiro atoms. The van der Waals surface area contributed by atoms with E-state index < -0.39 is 0 Å². The number of aromatic nitrogens is 2. The van der Waals surface area contributed by atoms with E-state index in [0.717, 1.165) is 41.7 Å². The summed E-state index contributed by atoms with van der Waals surface area (Å²) in [7, 11) is 1.72. The number of hydrogen-bond donors (Lipinski definition) is 1. The summed E-state index contributed by atoms with van der Waals surface area (Å²) in [5.74, 6) is 1.98. The molecule has 0 saturated carbocycles. The Labute approximate surface area is 158 Å². The Morgan fingerprint density at radius 2 is 2.15 bits per heavy atom. The minimum Gasteiger partial charge on any atom is -0.497 e. The zero-order valence-electron chi connectivity index (χ0n) is 15.6. The van der Waals surface area contributed by atoms with Gasteiger partial charge in [-0.3, -0.25) is 4.79 Å². The molecule has 3 aromatic rings. The van der Waals surface area contributed by atoms with Crippen molar-refractivity contribution in [2.75, 3.05) is 13.7 Å². The number of fused-ring (bicyclic) bond motifs is 5. The van der Waals surface area contributed by atoms with E-state index in [1.54, 1.807) is 13.4 Å². The predicted molar refractivity (Wildman–Crippen MR) is 104 cm³/mol. The number of carbonyl (C=O) groups is 1. The number of aromatic amines is 1. The van der Waals surface area contributed by atoms with Gasteiger partial charge < -0.3 is 14.6 Å². The highest BCUT2D eigenvalue weighted by Gasteiger charge is 2.42. The number of likely N-dealkylation sites (tertiary alicyclic amines) is 1. The van der Waals surface area contributed by atoms with Crippen molar-refractivity contribution < 1.29 is 9.53 Å². The first-order valence-corrected chi connectivity index (χ1v) is 9.56. The number of hydrogen-bond acceptors (Lipinski definition) is 3. The fourth-order valence-electron chi connectivity index (χ4n) is 4.94. The highest BCUT2D eigenvalue weighted by atomic mass is 16.5. The van der Waals surface area contributed by atoms with Crippen molar-refractivity contribution in [3.63, 3.8) is 0 Å². The first-order chi connectivity index (χ1) is 13.2. The number of imidazole rings is 1. The molecule has 3 atom stereocenters. The van der Waals surface area contributed by atoms with E-state index in [4.69, 9.17) is 4.74 Å². The number of methoxy groups -OCH3 is 1. The van der Waals surface area contributed by atoms with Crippen LogP contribution in [0, 0.1) is 5.92 Å². The number of nitrogens with one attached hydrogen (secondary N) is 1. The maximum absolute atomic E-state index is 13.3. The van der Waals surface area contributed by atoms with Gasteiger partial charge in [-0.1, -0.05) is 13.0 Å². The summed E-state index contributed by atoms with van der Waals surface area (Å²) in [4.78, 5) is 22.7. The van der Waals surface area contributed by atoms with Gasteiger partial charge in [0.15, 0.2) is 0 Å². The number of rotatable bonds is 2. The zero-order chi connectivity index (χ0) is 18.5. The number of carbonyl (C=O) groups excluding carboxylic acids is 1. The minimum atomic E-state index is 0.124. The number of H-pyrrole nitrogens is 1. The van der Waals surface area contributed by atoms with Crippen molar-refractivity contribution >= 4 is 16.9 Å². The van der Waals surface area contributed by atoms with Crippen LogP contribution < -0.4 is 4.74 Å². The molecule has 5 rings (SSSR count). The monoisotopic (exact) mass is 361 g/mol. The minimum absolute atomic E-state index is 0.124. The van der Waals surface area contributed by atoms with Gasteiger partial charge in [-0.15, -0.1) is 0 Å². The summed E-state index contributed by atoms with van der Waals surface area (Å²) >= 11 is 0. The lowest BCUT2D eigenvalue weighted by atomic mass is 9.68. The van der Waals surface area contributed by atoms with E-state index in [1.807, 2.05) is 24.3 Å². The molecule has 1 aliphatic carbocycles. The average Bonchev–Trinajstić information content (AvgIpc) is 3.15. The maximum Gasteiger partial charge on any atom is 0.254 e. The van der Waals surface area contributed by atoms with Gasteiger partial charge in [-0.05, 0) is 66.1 Å². The molecule has 1 fully saturated rings. The average molecular weight is 361 g/mol. The molecule has 1 N–H and O–H groups in total. The smallest absolute Gasteiger partial charge is 0.254 e. The van der Waals surface area contributed by atoms with Crippen LogP contribution in [0.1, 0.15) is 40.7 Å². The number of nitrogens with zero attached hydrogens (tertiary/aromatic N) is 2. The second kappa shape index (κ2) is 6.12. The van der Waals surface area contributed by atoms with Crippen LogP contribution in [0.4, 0.5) is 0 Å². The number of ether oxygens (including phenoxy) is 1. The van der Waals surface area contributed by atoms with E-state index in [1.165, 1.54) is 11.1 Å². The molecule has 5 nitrogen and oxygen atoms in total. The Morgan fingerprint density at radius 3 is 3.00 bits per heavy atom. The third-order valence-electron chi connectivity index (χ3n) is 6.43. The van der Waals surface area contributed by atoms with E-state index in [0.29, 0.717) is 11.8 Å². The van der Waals surface area contributed by atoms with Gasteiger partial charge in [0.1, 0.15) is 5.75 Å². The SMILES string of the molecule is COc1ccc2c(c1)[C@@H]1CCN(C(=O)c3ccc4nc[nH]c4c3)[C@H](C2)[C@H]1C. The predicted octanol–water partition coefficient (Wildman–Crippen LogP) is 3.76. The third kappa shape index (κ3) is 2.52. The lowest BCUT2D eigenvalue weighted by Crippen LogP contribution is -2.53. The summed E-state index contributed by atoms with van der Waals surface area (Å²) in [6.07, 6.45) is 3.57. The summed E-state index contributed by atoms with van der Waals surface area (Å²) < 4.78 is 5.43. The topological polar surface area (TPSA) is 58.2 Å². The largest absolute Gasteiger partial charge is 0.497 e. The van der Waals surface area contributed by atoms with Gasteiger partial charge in [-0.25, -0.2) is 4.98 Å². The Balaban J connectivity index is 1.47. The lowest BCUT2D eigenvalue weighted by Gasteiger charge is -2.48. The van der Waals surface area contributed by atoms with Gasteiger partial charge >= 0.3 is 0 Å². The maximum atomic E-state index is 13.3. The van der Waals surface area contributed by atoms with E-state index in [-0.39, 0.29) is 11.9 Å². The molecule has 2 aromatic carbocycles. The molecule has 27 heavy (non-hydrogen) atoms. The molecule has 1 amide bonds. The zero-order valence-corrected chi connectivity index (χ0v) is 15.6. The summed E-state index contributed by atoms with van der Waals surface area (Å²) in [5.41, 5.74) is 5.29. The standard InChI is InChI=1S/C22H23N3O2/c1-13-17-7-8-25(21(13)10-14-3-5-16(27-2)11-18(14)17)22(26)15-4-6-19-20(9-15)24-12-23-19/h3-6,9,11-13,17,21H,7-8,10H2,1-2H3,(H,23,24)/t13-,17+,21+/m0/s1. The van der Waals surface area contributed by atoms with Gasteiger partial charge in [-0.2, -0.15) is 0 Å². The van der Waals surface area contributed by atoms with Crippen molar-refractivity contribution in [3.8, 4) is 5.75 Å². The quantitative estimate of drug-likeness (QED) is 0.756. The molecule has 1 saturated heterocycles. The van der Waals surface area contributed by atoms with Gasteiger partial charge in [0.25, 0.3) is 5.91 Å². The van der Waals surface area contributed by atoms with Crippen LogP contribution in [-0.4, -0.2) is 40.5 Å². The van der Waals surface area contributed by atoms with E-state index in [9.17, 15) is 4.79 Å². The first kappa shape index (κ1) is 16.4. The Morgan fingerprint density at radius 1 is 1.26 bits per heavy atom. The number of amides is 1. The van der Waals surface area contributed by atoms with Gasteiger partial charge in [0.05, 0.1) is 24.5 Å². The Bertz CT molecular complexity index is 1030. The molecular formula is C22H23N3O2. The van der Waals surface area contributed by atoms with Crippen LogP contribution >= 0.6 is 0 Å². The van der Waals surface area contributed by atoms with Crippen molar-refractivity contribution in [1.82, 2.24) is 14.9 Å². The molecular weight excluding hydrogens is 338 g/mol. The number of benzene rings is 2. The Hall–Kier alpha value is -2.82. The van der Waals surface area contributed by atoms with Crippen LogP contribution in [0.25, 0.3) is 11.0 Å². The first-order valence-electron chi connectivity index (χ1n) is 9.56. The molecule has 0 unspecified atom stereocenters. The van der Waals surface area contributed by atoms with E-state index in [2.05, 4.69) is 33.9 Å². The fourth-order valence-corrected chi connectivity index (χ4v) is 4.94. The van der Waals surface area contributed by atoms with Crippen LogP contribution in [-0.2, 0) is 6.42 Å². The molecule has 1 aliphatic heterocycles. The van der Waals surface area contributed by atoms with Crippen LogP contribution in [0.15, 0.2) is 42.7 Å². The van der Waals surface area contributed by atoms with Crippen LogP contribution in [0.5, 0.6) is 5.75 Å². The second-order valence-electron chi connectivity index (χ2n) is 7.72. The summed E-state index contributed by atoms with van der Waals surface area (Å²) in [6.45, 7) is 3.09. The summed E-state index contributed by atoms with van der Waals surface area (Å²) in [5, 5.41) is 0. The molecule has 2 bridgehead atoms. The number of piperidine rings is 1. The fraction of sp³-hybridized carbons (Fsp3) is 0.364. The molecule has 2 aliphatic rings. The third-order valence-corrected chi connectivity index (χ3v) is 6.43. The molecule has 5 heteroatoms. The van der Waals surface area contributed by atoms with Gasteiger partial charge in [0, 0.05) is 18.2 Å². The molecule has 0 radical (unpaired) electrons. The highest BCUT2D eigenvalue weighted by molar-refractivity contribution is 5.97. The lowest BCUT2D eigenvalue weighted by molar-refractivity contribution is 0.0438. The summed E-state index contributed by atoms with van der Waals surface area (Å²) in [6, 6.07) is 12.4. The normalized spacial score (nSPS) is 23.9. The van der Waals surface area contributed by atoms with Crippen molar-refractivity contribution in [2.45, 2.75) is 31.7 Å². The molecule has 1 aromatic heterocycles. The van der Waals surface area contributed by atoms with E-state index >= 15 is 0 Å². The van der Waals surface area contributed by atoms with Crippen molar-refractivity contribution in [3.05, 3.63) is 59.4 Å². The van der Waals surface area contributed by atoms with Crippen molar-refractivity contribution in [1.29, 1.82) is 0 Å². The molecule has 2 heterocycles.